The lowest BCUT2D eigenvalue weighted by atomic mass is 10.0. The van der Waals surface area contributed by atoms with Crippen LogP contribution in [0.25, 0.3) is 0 Å². The summed E-state index contributed by atoms with van der Waals surface area (Å²) in [6.45, 7) is 0.250. The van der Waals surface area contributed by atoms with E-state index in [-0.39, 0.29) is 37.9 Å². The van der Waals surface area contributed by atoms with Crippen LogP contribution in [0.5, 0.6) is 0 Å². The van der Waals surface area contributed by atoms with E-state index in [0.29, 0.717) is 32.1 Å². The third-order valence-corrected chi connectivity index (χ3v) is 7.56. The number of carbonyl (C=O) groups is 4. The first-order valence-corrected chi connectivity index (χ1v) is 16.0. The number of rotatable bonds is 18. The number of carbonyl (C=O) groups excluding carboxylic acids is 4. The number of ether oxygens (including phenoxy) is 2. The fourth-order valence-corrected chi connectivity index (χ4v) is 5.03. The Hall–Kier alpha value is -5.24. The zero-order valence-corrected chi connectivity index (χ0v) is 26.5. The zero-order valence-electron chi connectivity index (χ0n) is 26.5. The highest BCUT2D eigenvalue weighted by Gasteiger charge is 2.24. The molecule has 0 aliphatic heterocycles. The van der Waals surface area contributed by atoms with Gasteiger partial charge in [0.1, 0.15) is 25.3 Å². The number of esters is 2. The van der Waals surface area contributed by atoms with Crippen molar-refractivity contribution in [3.8, 4) is 0 Å². The molecule has 4 aromatic rings. The van der Waals surface area contributed by atoms with E-state index >= 15 is 0 Å². The molecule has 0 spiro atoms. The molecular weight excluding hydrogens is 592 g/mol. The van der Waals surface area contributed by atoms with Crippen molar-refractivity contribution in [2.75, 3.05) is 0 Å². The van der Waals surface area contributed by atoms with Crippen LogP contribution in [-0.4, -0.2) is 35.8 Å². The average Bonchev–Trinajstić information content (AvgIpc) is 3.10. The molecule has 0 aliphatic rings. The van der Waals surface area contributed by atoms with E-state index in [4.69, 9.17) is 9.47 Å². The number of unbranched alkanes of at least 4 members (excludes halogenated alkanes) is 2. The zero-order chi connectivity index (χ0) is 33.1. The van der Waals surface area contributed by atoms with Crippen LogP contribution in [0.15, 0.2) is 121 Å². The molecule has 0 fully saturated rings. The van der Waals surface area contributed by atoms with Gasteiger partial charge in [0, 0.05) is 25.7 Å². The molecular formula is C39H42N2O6. The van der Waals surface area contributed by atoms with Crippen LogP contribution in [0.3, 0.4) is 0 Å². The summed E-state index contributed by atoms with van der Waals surface area (Å²) in [5.74, 6) is -1.49. The normalized spacial score (nSPS) is 11.9. The Labute approximate surface area is 276 Å². The highest BCUT2D eigenvalue weighted by molar-refractivity contribution is 5.85. The molecule has 0 radical (unpaired) electrons. The van der Waals surface area contributed by atoms with Crippen LogP contribution in [0.1, 0.15) is 54.4 Å². The molecule has 4 rings (SSSR count). The van der Waals surface area contributed by atoms with Crippen molar-refractivity contribution in [3.05, 3.63) is 144 Å². The Morgan fingerprint density at radius 2 is 0.766 bits per heavy atom. The maximum atomic E-state index is 13.0. The van der Waals surface area contributed by atoms with Gasteiger partial charge in [0.25, 0.3) is 0 Å². The van der Waals surface area contributed by atoms with Crippen molar-refractivity contribution < 1.29 is 28.7 Å². The van der Waals surface area contributed by atoms with E-state index in [0.717, 1.165) is 22.3 Å². The lowest BCUT2D eigenvalue weighted by Crippen LogP contribution is -2.43. The minimum absolute atomic E-state index is 0.125. The Morgan fingerprint density at radius 3 is 1.11 bits per heavy atom. The van der Waals surface area contributed by atoms with Crippen LogP contribution in [0.2, 0.25) is 0 Å². The van der Waals surface area contributed by atoms with Crippen LogP contribution in [0.4, 0.5) is 0 Å². The molecule has 8 heteroatoms. The van der Waals surface area contributed by atoms with Crippen molar-refractivity contribution in [1.82, 2.24) is 10.6 Å². The third kappa shape index (κ3) is 13.0. The molecule has 244 valence electrons. The second kappa shape index (κ2) is 19.3. The molecule has 2 amide bonds. The molecule has 0 aliphatic carbocycles. The van der Waals surface area contributed by atoms with Crippen LogP contribution >= 0.6 is 0 Å². The van der Waals surface area contributed by atoms with Gasteiger partial charge in [-0.25, -0.2) is 9.59 Å². The molecule has 47 heavy (non-hydrogen) atoms. The van der Waals surface area contributed by atoms with Crippen LogP contribution < -0.4 is 10.6 Å². The molecule has 2 atom stereocenters. The highest BCUT2D eigenvalue weighted by atomic mass is 16.5. The van der Waals surface area contributed by atoms with Crippen LogP contribution in [-0.2, 0) is 54.7 Å². The second-order valence-electron chi connectivity index (χ2n) is 11.4. The second-order valence-corrected chi connectivity index (χ2v) is 11.4. The molecule has 0 bridgehead atoms. The topological polar surface area (TPSA) is 111 Å². The quantitative estimate of drug-likeness (QED) is 0.105. The largest absolute Gasteiger partial charge is 0.459 e. The number of hydrogen-bond acceptors (Lipinski definition) is 6. The van der Waals surface area contributed by atoms with E-state index in [1.165, 1.54) is 0 Å². The van der Waals surface area contributed by atoms with Gasteiger partial charge in [0.15, 0.2) is 0 Å². The Bertz CT molecular complexity index is 1410. The lowest BCUT2D eigenvalue weighted by molar-refractivity contribution is -0.149. The smallest absolute Gasteiger partial charge is 0.329 e. The number of nitrogens with one attached hydrogen (secondary N) is 2. The van der Waals surface area contributed by atoms with Crippen molar-refractivity contribution >= 4 is 23.8 Å². The van der Waals surface area contributed by atoms with Gasteiger partial charge in [0.05, 0.1) is 0 Å². The summed E-state index contributed by atoms with van der Waals surface area (Å²) < 4.78 is 11.1. The summed E-state index contributed by atoms with van der Waals surface area (Å²) in [4.78, 5) is 51.6. The van der Waals surface area contributed by atoms with Crippen molar-refractivity contribution in [2.24, 2.45) is 0 Å². The van der Waals surface area contributed by atoms with E-state index in [1.54, 1.807) is 0 Å². The maximum Gasteiger partial charge on any atom is 0.329 e. The van der Waals surface area contributed by atoms with Gasteiger partial charge in [-0.15, -0.1) is 0 Å². The van der Waals surface area contributed by atoms with Crippen molar-refractivity contribution in [2.45, 2.75) is 70.2 Å². The summed E-state index contributed by atoms with van der Waals surface area (Å²) in [5, 5.41) is 5.69. The molecule has 0 saturated heterocycles. The van der Waals surface area contributed by atoms with Gasteiger partial charge < -0.3 is 20.1 Å². The Balaban J connectivity index is 1.21. The van der Waals surface area contributed by atoms with Gasteiger partial charge in [0.2, 0.25) is 11.8 Å². The lowest BCUT2D eigenvalue weighted by Gasteiger charge is -2.18. The minimum atomic E-state index is -0.817. The first-order chi connectivity index (χ1) is 23.0. The van der Waals surface area contributed by atoms with Crippen LogP contribution in [0, 0.1) is 0 Å². The number of hydrogen-bond donors (Lipinski definition) is 2. The Kier molecular flexibility index (Phi) is 14.2. The molecule has 0 aromatic heterocycles. The monoisotopic (exact) mass is 634 g/mol. The van der Waals surface area contributed by atoms with E-state index in [1.807, 2.05) is 121 Å². The van der Waals surface area contributed by atoms with E-state index in [9.17, 15) is 19.2 Å². The number of benzene rings is 4. The van der Waals surface area contributed by atoms with Gasteiger partial charge in [-0.1, -0.05) is 128 Å². The third-order valence-electron chi connectivity index (χ3n) is 7.56. The first-order valence-electron chi connectivity index (χ1n) is 16.0. The average molecular weight is 635 g/mol. The highest BCUT2D eigenvalue weighted by Crippen LogP contribution is 2.11. The molecule has 0 unspecified atom stereocenters. The number of amides is 2. The van der Waals surface area contributed by atoms with E-state index in [2.05, 4.69) is 10.6 Å². The standard InChI is InChI=1S/C39H42N2O6/c42-36(40-34(26-30-16-6-1-7-17-30)38(44)46-28-32-20-10-3-11-21-32)24-14-5-15-25-37(43)41-35(27-31-18-8-2-9-19-31)39(45)47-29-33-22-12-4-13-23-33/h1-4,6-13,16-23,34-35H,5,14-15,24-29H2,(H,40,42)(H,41,43)/t34-,35-/m0/s1. The Morgan fingerprint density at radius 1 is 0.447 bits per heavy atom. The molecule has 2 N–H and O–H groups in total. The predicted octanol–water partition coefficient (Wildman–Crippen LogP) is 5.88. The van der Waals surface area contributed by atoms with Crippen molar-refractivity contribution in [3.63, 3.8) is 0 Å². The summed E-state index contributed by atoms with van der Waals surface area (Å²) in [6.07, 6.45) is 2.77. The summed E-state index contributed by atoms with van der Waals surface area (Å²) in [7, 11) is 0. The molecule has 4 aromatic carbocycles. The predicted molar refractivity (Wildman–Crippen MR) is 180 cm³/mol. The first kappa shape index (κ1) is 34.6. The minimum Gasteiger partial charge on any atom is -0.459 e. The summed E-state index contributed by atoms with van der Waals surface area (Å²) in [6, 6.07) is 36.1. The fraction of sp³-hybridized carbons (Fsp3) is 0.282. The van der Waals surface area contributed by atoms with Crippen molar-refractivity contribution in [1.29, 1.82) is 0 Å². The van der Waals surface area contributed by atoms with E-state index < -0.39 is 24.0 Å². The molecule has 0 heterocycles. The summed E-state index contributed by atoms with van der Waals surface area (Å²) >= 11 is 0. The SMILES string of the molecule is O=C(CCCCCC(=O)N[C@@H](Cc1ccccc1)C(=O)OCc1ccccc1)N[C@@H](Cc1ccccc1)C(=O)OCc1ccccc1. The fourth-order valence-electron chi connectivity index (χ4n) is 5.03. The van der Waals surface area contributed by atoms with Gasteiger partial charge >= 0.3 is 11.9 Å². The van der Waals surface area contributed by atoms with Gasteiger partial charge in [-0.3, -0.25) is 9.59 Å². The van der Waals surface area contributed by atoms with Gasteiger partial charge in [-0.2, -0.15) is 0 Å². The maximum absolute atomic E-state index is 13.0. The summed E-state index contributed by atoms with van der Waals surface area (Å²) in [5.41, 5.74) is 3.56. The molecule has 0 saturated carbocycles. The molecule has 8 nitrogen and oxygen atoms in total. The van der Waals surface area contributed by atoms with Gasteiger partial charge in [-0.05, 0) is 35.1 Å².